The third-order valence-corrected chi connectivity index (χ3v) is 4.05. The minimum absolute atomic E-state index is 0.0627. The summed E-state index contributed by atoms with van der Waals surface area (Å²) >= 11 is 0. The van der Waals surface area contributed by atoms with E-state index in [0.29, 0.717) is 5.92 Å². The quantitative estimate of drug-likeness (QED) is 0.655. The lowest BCUT2D eigenvalue weighted by Crippen LogP contribution is -2.34. The Morgan fingerprint density at radius 3 is 3.11 bits per heavy atom. The summed E-state index contributed by atoms with van der Waals surface area (Å²) in [5, 5.41) is 0. The van der Waals surface area contributed by atoms with Crippen molar-refractivity contribution in [2.75, 3.05) is 0 Å². The summed E-state index contributed by atoms with van der Waals surface area (Å²) in [6.45, 7) is 1.97. The molecule has 2 atom stereocenters. The Balaban J connectivity index is 2.00. The third kappa shape index (κ3) is 2.17. The highest BCUT2D eigenvalue weighted by atomic mass is 16.3. The van der Waals surface area contributed by atoms with Crippen molar-refractivity contribution in [3.8, 4) is 0 Å². The van der Waals surface area contributed by atoms with Gasteiger partial charge in [-0.25, -0.2) is 0 Å². The van der Waals surface area contributed by atoms with Gasteiger partial charge in [0.15, 0.2) is 0 Å². The highest BCUT2D eigenvalue weighted by Gasteiger charge is 2.31. The normalized spacial score (nSPS) is 20.0. The van der Waals surface area contributed by atoms with Crippen LogP contribution >= 0.6 is 0 Å². The Morgan fingerprint density at radius 2 is 2.37 bits per heavy atom. The monoisotopic (exact) mass is 257 g/mol. The highest BCUT2D eigenvalue weighted by Crippen LogP contribution is 2.39. The van der Waals surface area contributed by atoms with Gasteiger partial charge in [-0.1, -0.05) is 6.07 Å². The zero-order chi connectivity index (χ0) is 13.2. The van der Waals surface area contributed by atoms with E-state index in [1.807, 2.05) is 25.3 Å². The molecule has 0 saturated heterocycles. The average Bonchev–Trinajstić information content (AvgIpc) is 2.86. The predicted molar refractivity (Wildman–Crippen MR) is 73.4 cm³/mol. The highest BCUT2D eigenvalue weighted by molar-refractivity contribution is 5.32. The first-order valence-corrected chi connectivity index (χ1v) is 6.75. The maximum absolute atomic E-state index is 5.80. The first-order chi connectivity index (χ1) is 9.31. The van der Waals surface area contributed by atoms with Crippen molar-refractivity contribution in [2.24, 2.45) is 5.84 Å². The van der Waals surface area contributed by atoms with E-state index in [1.165, 1.54) is 17.7 Å². The Hall–Kier alpha value is -1.65. The number of aryl methyl sites for hydroxylation is 2. The van der Waals surface area contributed by atoms with Gasteiger partial charge in [-0.15, -0.1) is 0 Å². The van der Waals surface area contributed by atoms with Gasteiger partial charge in [-0.05, 0) is 43.9 Å². The van der Waals surface area contributed by atoms with Crippen LogP contribution in [0.4, 0.5) is 0 Å². The molecule has 0 amide bonds. The second-order valence-corrected chi connectivity index (χ2v) is 5.12. The molecule has 4 heteroatoms. The van der Waals surface area contributed by atoms with E-state index >= 15 is 0 Å². The molecule has 4 nitrogen and oxygen atoms in total. The maximum atomic E-state index is 5.80. The number of hydrogen-bond acceptors (Lipinski definition) is 4. The van der Waals surface area contributed by atoms with Crippen LogP contribution in [-0.2, 0) is 6.42 Å². The predicted octanol–water partition coefficient (Wildman–Crippen LogP) is 2.61. The second-order valence-electron chi connectivity index (χ2n) is 5.12. The molecule has 2 unspecified atom stereocenters. The molecular formula is C15H19N3O. The summed E-state index contributed by atoms with van der Waals surface area (Å²) in [5.74, 6) is 7.03. The number of rotatable bonds is 3. The zero-order valence-electron chi connectivity index (χ0n) is 11.1. The molecule has 0 aliphatic heterocycles. The third-order valence-electron chi connectivity index (χ3n) is 4.05. The van der Waals surface area contributed by atoms with Gasteiger partial charge in [0.05, 0.1) is 12.3 Å². The van der Waals surface area contributed by atoms with E-state index in [4.69, 9.17) is 10.3 Å². The van der Waals surface area contributed by atoms with E-state index in [9.17, 15) is 0 Å². The molecule has 3 rings (SSSR count). The van der Waals surface area contributed by atoms with Crippen LogP contribution in [0.2, 0.25) is 0 Å². The molecule has 0 fully saturated rings. The zero-order valence-corrected chi connectivity index (χ0v) is 11.1. The molecule has 0 spiro atoms. The smallest absolute Gasteiger partial charge is 0.105 e. The van der Waals surface area contributed by atoms with E-state index in [0.717, 1.165) is 24.2 Å². The average molecular weight is 257 g/mol. The molecule has 2 aromatic heterocycles. The van der Waals surface area contributed by atoms with Crippen molar-refractivity contribution in [3.05, 3.63) is 53.2 Å². The Bertz CT molecular complexity index is 564. The molecule has 0 aromatic carbocycles. The molecule has 1 aliphatic rings. The van der Waals surface area contributed by atoms with Crippen LogP contribution in [0.15, 0.2) is 35.1 Å². The van der Waals surface area contributed by atoms with E-state index in [2.05, 4.69) is 16.5 Å². The second kappa shape index (κ2) is 5.15. The summed E-state index contributed by atoms with van der Waals surface area (Å²) in [7, 11) is 0. The molecular weight excluding hydrogens is 238 g/mol. The Morgan fingerprint density at radius 1 is 1.47 bits per heavy atom. The molecule has 1 aliphatic carbocycles. The molecule has 0 saturated carbocycles. The van der Waals surface area contributed by atoms with Gasteiger partial charge in [-0.2, -0.15) is 0 Å². The first-order valence-electron chi connectivity index (χ1n) is 6.75. The summed E-state index contributed by atoms with van der Waals surface area (Å²) in [5.41, 5.74) is 6.61. The summed E-state index contributed by atoms with van der Waals surface area (Å²) in [6.07, 6.45) is 6.98. The lowest BCUT2D eigenvalue weighted by atomic mass is 9.80. The van der Waals surface area contributed by atoms with Crippen molar-refractivity contribution in [1.29, 1.82) is 0 Å². The summed E-state index contributed by atoms with van der Waals surface area (Å²) in [6, 6.07) is 6.24. The van der Waals surface area contributed by atoms with Gasteiger partial charge in [-0.3, -0.25) is 16.3 Å². The molecule has 3 N–H and O–H groups in total. The fourth-order valence-corrected chi connectivity index (χ4v) is 3.11. The standard InChI is InChI=1S/C15H19N3O/c1-10-12(7-9-19-10)15(18-16)13-6-2-4-11-5-3-8-17-14(11)13/h3,5,7-9,13,15,18H,2,4,6,16H2,1H3. The minimum atomic E-state index is 0.0627. The van der Waals surface area contributed by atoms with Gasteiger partial charge in [0.1, 0.15) is 5.76 Å². The van der Waals surface area contributed by atoms with Gasteiger partial charge < -0.3 is 4.42 Å². The fourth-order valence-electron chi connectivity index (χ4n) is 3.11. The van der Waals surface area contributed by atoms with Crippen molar-refractivity contribution in [2.45, 2.75) is 38.1 Å². The number of aromatic nitrogens is 1. The molecule has 2 heterocycles. The number of nitrogens with one attached hydrogen (secondary N) is 1. The van der Waals surface area contributed by atoms with Gasteiger partial charge in [0.25, 0.3) is 0 Å². The van der Waals surface area contributed by atoms with Crippen LogP contribution < -0.4 is 11.3 Å². The number of fused-ring (bicyclic) bond motifs is 1. The molecule has 19 heavy (non-hydrogen) atoms. The van der Waals surface area contributed by atoms with Gasteiger partial charge in [0, 0.05) is 23.4 Å². The van der Waals surface area contributed by atoms with Crippen LogP contribution in [0, 0.1) is 6.92 Å². The van der Waals surface area contributed by atoms with Crippen LogP contribution in [0.5, 0.6) is 0 Å². The maximum Gasteiger partial charge on any atom is 0.105 e. The first kappa shape index (κ1) is 12.4. The molecule has 2 aromatic rings. The number of hydrazine groups is 1. The number of nitrogens with two attached hydrogens (primary N) is 1. The van der Waals surface area contributed by atoms with Crippen molar-refractivity contribution >= 4 is 0 Å². The lowest BCUT2D eigenvalue weighted by molar-refractivity contribution is 0.393. The van der Waals surface area contributed by atoms with Crippen molar-refractivity contribution in [1.82, 2.24) is 10.4 Å². The van der Waals surface area contributed by atoms with E-state index < -0.39 is 0 Å². The Kier molecular flexibility index (Phi) is 3.36. The van der Waals surface area contributed by atoms with Gasteiger partial charge in [0.2, 0.25) is 0 Å². The van der Waals surface area contributed by atoms with Crippen molar-refractivity contribution < 1.29 is 4.42 Å². The molecule has 0 radical (unpaired) electrons. The Labute approximate surface area is 113 Å². The summed E-state index contributed by atoms with van der Waals surface area (Å²) in [4.78, 5) is 4.58. The lowest BCUT2D eigenvalue weighted by Gasteiger charge is -2.30. The van der Waals surface area contributed by atoms with E-state index in [-0.39, 0.29) is 6.04 Å². The fraction of sp³-hybridized carbons (Fsp3) is 0.400. The van der Waals surface area contributed by atoms with Crippen LogP contribution in [-0.4, -0.2) is 4.98 Å². The number of hydrogen-bond donors (Lipinski definition) is 2. The number of furan rings is 1. The largest absolute Gasteiger partial charge is 0.469 e. The topological polar surface area (TPSA) is 64.1 Å². The van der Waals surface area contributed by atoms with Crippen molar-refractivity contribution in [3.63, 3.8) is 0 Å². The van der Waals surface area contributed by atoms with E-state index in [1.54, 1.807) is 6.26 Å². The summed E-state index contributed by atoms with van der Waals surface area (Å²) < 4.78 is 5.41. The minimum Gasteiger partial charge on any atom is -0.469 e. The molecule has 100 valence electrons. The van der Waals surface area contributed by atoms with Gasteiger partial charge >= 0.3 is 0 Å². The number of pyridine rings is 1. The number of nitrogens with zero attached hydrogens (tertiary/aromatic N) is 1. The van der Waals surface area contributed by atoms with Crippen LogP contribution in [0.3, 0.4) is 0 Å². The van der Waals surface area contributed by atoms with Crippen LogP contribution in [0.1, 0.15) is 47.4 Å². The SMILES string of the molecule is Cc1occc1C(NN)C1CCCc2cccnc21. The van der Waals surface area contributed by atoms with Crippen LogP contribution in [0.25, 0.3) is 0 Å². The molecule has 0 bridgehead atoms.